The predicted octanol–water partition coefficient (Wildman–Crippen LogP) is 4.24. The van der Waals surface area contributed by atoms with Crippen molar-refractivity contribution >= 4 is 0 Å². The molecule has 2 N–H and O–H groups in total. The number of aliphatic hydroxyl groups excluding tert-OH is 1. The summed E-state index contributed by atoms with van der Waals surface area (Å²) in [7, 11) is 0. The minimum absolute atomic E-state index is 0.129. The molecule has 0 amide bonds. The third-order valence-corrected chi connectivity index (χ3v) is 9.95. The van der Waals surface area contributed by atoms with Crippen LogP contribution in [0.2, 0.25) is 0 Å². The highest BCUT2D eigenvalue weighted by atomic mass is 16.4. The average molecular weight is 387 g/mol. The summed E-state index contributed by atoms with van der Waals surface area (Å²) in [5, 5.41) is 22.4. The van der Waals surface area contributed by atoms with Crippen molar-refractivity contribution in [2.75, 3.05) is 0 Å². The molecule has 0 spiro atoms. The largest absolute Gasteiger partial charge is 0.431 e. The molecule has 154 valence electrons. The highest BCUT2D eigenvalue weighted by molar-refractivity contribution is 5.27. The van der Waals surface area contributed by atoms with E-state index >= 15 is 0 Å². The Hall–Kier alpha value is -1.13. The maximum absolute atomic E-state index is 12.2. The van der Waals surface area contributed by atoms with E-state index in [9.17, 15) is 15.0 Å². The number of rotatable bonds is 1. The molecule has 5 rings (SSSR count). The van der Waals surface area contributed by atoms with Gasteiger partial charge >= 0.3 is 5.63 Å². The first-order chi connectivity index (χ1) is 13.3. The summed E-state index contributed by atoms with van der Waals surface area (Å²) >= 11 is 0. The van der Waals surface area contributed by atoms with Gasteiger partial charge in [-0.1, -0.05) is 13.8 Å². The minimum atomic E-state index is -0.638. The smallest absolute Gasteiger partial charge is 0.335 e. The summed E-state index contributed by atoms with van der Waals surface area (Å²) in [6.45, 7) is 4.73. The maximum atomic E-state index is 12.2. The Balaban J connectivity index is 1.48. The molecule has 1 aromatic heterocycles. The van der Waals surface area contributed by atoms with Gasteiger partial charge in [0.15, 0.2) is 0 Å². The average Bonchev–Trinajstić information content (AvgIpc) is 2.95. The van der Waals surface area contributed by atoms with Crippen LogP contribution in [0.1, 0.15) is 83.1 Å². The molecule has 1 heterocycles. The molecule has 0 saturated heterocycles. The van der Waals surface area contributed by atoms with Crippen LogP contribution >= 0.6 is 0 Å². The molecule has 4 heteroatoms. The summed E-state index contributed by atoms with van der Waals surface area (Å²) in [6, 6.07) is 3.42. The molecule has 4 aliphatic carbocycles. The molecule has 4 nitrogen and oxygen atoms in total. The van der Waals surface area contributed by atoms with Crippen molar-refractivity contribution in [3.05, 3.63) is 34.4 Å². The second-order valence-corrected chi connectivity index (χ2v) is 10.8. The fraction of sp³-hybridized carbons (Fsp3) is 0.792. The lowest BCUT2D eigenvalue weighted by atomic mass is 9.43. The molecule has 8 atom stereocenters. The zero-order valence-electron chi connectivity index (χ0n) is 17.2. The predicted molar refractivity (Wildman–Crippen MR) is 107 cm³/mol. The van der Waals surface area contributed by atoms with E-state index in [1.54, 1.807) is 6.26 Å². The Bertz CT molecular complexity index is 797. The lowest BCUT2D eigenvalue weighted by Crippen LogP contribution is -2.62. The molecule has 4 fully saturated rings. The second-order valence-electron chi connectivity index (χ2n) is 10.8. The van der Waals surface area contributed by atoms with Gasteiger partial charge in [0.1, 0.15) is 0 Å². The van der Waals surface area contributed by atoms with Crippen molar-refractivity contribution < 1.29 is 14.6 Å². The number of hydrogen-bond acceptors (Lipinski definition) is 4. The molecule has 1 aromatic rings. The van der Waals surface area contributed by atoms with Gasteiger partial charge < -0.3 is 14.6 Å². The zero-order valence-corrected chi connectivity index (χ0v) is 17.2. The molecule has 0 aromatic carbocycles. The van der Waals surface area contributed by atoms with Crippen molar-refractivity contribution in [1.29, 1.82) is 0 Å². The molecule has 0 bridgehead atoms. The Kier molecular flexibility index (Phi) is 4.17. The molecular formula is C24H34O4. The summed E-state index contributed by atoms with van der Waals surface area (Å²) in [5.41, 5.74) is 0.219. The minimum Gasteiger partial charge on any atom is -0.431 e. The fourth-order valence-corrected chi connectivity index (χ4v) is 8.30. The van der Waals surface area contributed by atoms with Gasteiger partial charge in [-0.3, -0.25) is 0 Å². The van der Waals surface area contributed by atoms with E-state index in [1.807, 2.05) is 6.07 Å². The first-order valence-corrected chi connectivity index (χ1v) is 11.3. The molecular weight excluding hydrogens is 352 g/mol. The van der Waals surface area contributed by atoms with E-state index in [0.29, 0.717) is 17.8 Å². The number of hydrogen-bond donors (Lipinski definition) is 2. The van der Waals surface area contributed by atoms with Gasteiger partial charge in [-0.2, -0.15) is 0 Å². The monoisotopic (exact) mass is 386 g/mol. The quantitative estimate of drug-likeness (QED) is 0.757. The number of aliphatic hydroxyl groups is 2. The van der Waals surface area contributed by atoms with Crippen LogP contribution in [-0.2, 0) is 0 Å². The Morgan fingerprint density at radius 1 is 1.00 bits per heavy atom. The van der Waals surface area contributed by atoms with E-state index in [1.165, 1.54) is 12.5 Å². The van der Waals surface area contributed by atoms with Crippen molar-refractivity contribution in [1.82, 2.24) is 0 Å². The normalized spacial score (nSPS) is 50.5. The first kappa shape index (κ1) is 18.9. The van der Waals surface area contributed by atoms with Gasteiger partial charge in [-0.15, -0.1) is 0 Å². The highest BCUT2D eigenvalue weighted by Gasteiger charge is 2.67. The van der Waals surface area contributed by atoms with Gasteiger partial charge in [-0.05, 0) is 98.5 Å². The summed E-state index contributed by atoms with van der Waals surface area (Å²) < 4.78 is 5.17. The van der Waals surface area contributed by atoms with Crippen LogP contribution in [0.15, 0.2) is 27.6 Å². The standard InChI is InChI=1S/C24H34O4/c1-22-10-7-17(25)13-16(22)4-5-20-19(22)8-11-23(2)18(9-12-24(20,23)27)15-3-6-21(26)28-14-15/h3,6,14,16-20,25,27H,4-5,7-13H2,1-2H3/t16-,17-,18+,19-,20-,22+,23+,24-/m0/s1. The summed E-state index contributed by atoms with van der Waals surface area (Å²) in [5.74, 6) is 1.76. The van der Waals surface area contributed by atoms with E-state index in [0.717, 1.165) is 56.9 Å². The van der Waals surface area contributed by atoms with Crippen LogP contribution in [0.25, 0.3) is 0 Å². The Labute approximate surface area is 167 Å². The topological polar surface area (TPSA) is 70.7 Å². The molecule has 0 radical (unpaired) electrons. The molecule has 28 heavy (non-hydrogen) atoms. The summed E-state index contributed by atoms with van der Waals surface area (Å²) in [6.07, 6.45) is 10.7. The third kappa shape index (κ3) is 2.40. The van der Waals surface area contributed by atoms with E-state index in [2.05, 4.69) is 13.8 Å². The summed E-state index contributed by atoms with van der Waals surface area (Å²) in [4.78, 5) is 11.4. The molecule has 0 aliphatic heterocycles. The van der Waals surface area contributed by atoms with Crippen LogP contribution in [0, 0.1) is 28.6 Å². The van der Waals surface area contributed by atoms with Gasteiger partial charge in [0.05, 0.1) is 18.0 Å². The zero-order chi connectivity index (χ0) is 19.7. The lowest BCUT2D eigenvalue weighted by molar-refractivity contribution is -0.205. The second kappa shape index (κ2) is 6.18. The maximum Gasteiger partial charge on any atom is 0.335 e. The van der Waals surface area contributed by atoms with Crippen LogP contribution in [-0.4, -0.2) is 21.9 Å². The van der Waals surface area contributed by atoms with E-state index < -0.39 is 5.60 Å². The van der Waals surface area contributed by atoms with Crippen LogP contribution < -0.4 is 5.63 Å². The van der Waals surface area contributed by atoms with Crippen molar-refractivity contribution in [3.63, 3.8) is 0 Å². The Morgan fingerprint density at radius 2 is 1.82 bits per heavy atom. The van der Waals surface area contributed by atoms with Crippen LogP contribution in [0.5, 0.6) is 0 Å². The molecule has 4 aliphatic rings. The van der Waals surface area contributed by atoms with Crippen LogP contribution in [0.3, 0.4) is 0 Å². The van der Waals surface area contributed by atoms with Gasteiger partial charge in [0.25, 0.3) is 0 Å². The van der Waals surface area contributed by atoms with Gasteiger partial charge in [0, 0.05) is 11.5 Å². The van der Waals surface area contributed by atoms with Crippen LogP contribution in [0.4, 0.5) is 0 Å². The van der Waals surface area contributed by atoms with Crippen molar-refractivity contribution in [3.8, 4) is 0 Å². The fourth-order valence-electron chi connectivity index (χ4n) is 8.30. The Morgan fingerprint density at radius 3 is 2.57 bits per heavy atom. The highest BCUT2D eigenvalue weighted by Crippen LogP contribution is 2.70. The van der Waals surface area contributed by atoms with Gasteiger partial charge in [0.2, 0.25) is 0 Å². The van der Waals surface area contributed by atoms with Crippen molar-refractivity contribution in [2.24, 2.45) is 28.6 Å². The first-order valence-electron chi connectivity index (χ1n) is 11.3. The van der Waals surface area contributed by atoms with E-state index in [-0.39, 0.29) is 28.5 Å². The SMILES string of the molecule is C[C@@]12CC[C@H](O)C[C@@H]1CC[C@H]1[C@@H]2CC[C@]2(C)[C@@H](c3ccc(=O)oc3)CC[C@]12O. The van der Waals surface area contributed by atoms with Gasteiger partial charge in [-0.25, -0.2) is 4.79 Å². The third-order valence-electron chi connectivity index (χ3n) is 9.95. The number of fused-ring (bicyclic) bond motifs is 5. The van der Waals surface area contributed by atoms with Crippen molar-refractivity contribution in [2.45, 2.75) is 89.3 Å². The lowest BCUT2D eigenvalue weighted by Gasteiger charge is -2.63. The van der Waals surface area contributed by atoms with E-state index in [4.69, 9.17) is 4.42 Å². The molecule has 0 unspecified atom stereocenters. The molecule has 4 saturated carbocycles.